The van der Waals surface area contributed by atoms with E-state index in [1.807, 2.05) is 18.2 Å². The van der Waals surface area contributed by atoms with Crippen molar-refractivity contribution in [2.75, 3.05) is 0 Å². The van der Waals surface area contributed by atoms with E-state index in [0.29, 0.717) is 26.4 Å². The van der Waals surface area contributed by atoms with E-state index >= 15 is 0 Å². The summed E-state index contributed by atoms with van der Waals surface area (Å²) in [6.07, 6.45) is 1.31. The van der Waals surface area contributed by atoms with Gasteiger partial charge in [-0.15, -0.1) is 11.3 Å². The number of fused-ring (bicyclic) bond motifs is 4. The first-order valence-corrected chi connectivity index (χ1v) is 9.04. The molecule has 2 aromatic carbocycles. The predicted molar refractivity (Wildman–Crippen MR) is 99.1 cm³/mol. The zero-order valence-corrected chi connectivity index (χ0v) is 14.7. The Balaban J connectivity index is 1.86. The highest BCUT2D eigenvalue weighted by Crippen LogP contribution is 2.52. The number of nitrogens with zero attached hydrogens (tertiary/aromatic N) is 1. The minimum absolute atomic E-state index is 0.241. The second-order valence-electron chi connectivity index (χ2n) is 5.95. The van der Waals surface area contributed by atoms with Crippen LogP contribution in [-0.4, -0.2) is 9.97 Å². The molecular formula is C19H10ClFN2O2S. The summed E-state index contributed by atoms with van der Waals surface area (Å²) in [7, 11) is 0. The number of nitrogens with one attached hydrogen (secondary N) is 1. The standard InChI is InChI=1S/C19H10ClFN2O2S/c20-10-6-4-9(5-7-10)13-14-18(24)22-8-23-19(14)25-15-11-2-1-3-12(21)16(11)26-17(13)15/h1-8,13H,(H,22,23,24). The molecule has 1 atom stereocenters. The van der Waals surface area contributed by atoms with Gasteiger partial charge in [-0.05, 0) is 29.8 Å². The molecule has 1 unspecified atom stereocenters. The number of aromatic amines is 1. The Morgan fingerprint density at radius 2 is 2.00 bits per heavy atom. The number of benzene rings is 2. The molecule has 1 aliphatic rings. The van der Waals surface area contributed by atoms with Crippen LogP contribution in [-0.2, 0) is 0 Å². The highest BCUT2D eigenvalue weighted by molar-refractivity contribution is 7.19. The lowest BCUT2D eigenvalue weighted by atomic mass is 9.89. The van der Waals surface area contributed by atoms with E-state index in [1.54, 1.807) is 18.2 Å². The van der Waals surface area contributed by atoms with Crippen LogP contribution in [0.4, 0.5) is 4.39 Å². The van der Waals surface area contributed by atoms with E-state index in [-0.39, 0.29) is 17.3 Å². The molecule has 0 saturated carbocycles. The zero-order chi connectivity index (χ0) is 17.8. The van der Waals surface area contributed by atoms with Crippen LogP contribution in [0.3, 0.4) is 0 Å². The number of H-pyrrole nitrogens is 1. The molecule has 0 radical (unpaired) electrons. The van der Waals surface area contributed by atoms with Gasteiger partial charge in [0.1, 0.15) is 5.82 Å². The Hall–Kier alpha value is -2.70. The van der Waals surface area contributed by atoms with E-state index in [0.717, 1.165) is 10.4 Å². The summed E-state index contributed by atoms with van der Waals surface area (Å²) in [6, 6.07) is 12.1. The van der Waals surface area contributed by atoms with Crippen LogP contribution in [0.5, 0.6) is 11.6 Å². The highest BCUT2D eigenvalue weighted by atomic mass is 35.5. The molecule has 3 heterocycles. The van der Waals surface area contributed by atoms with Gasteiger partial charge in [0.05, 0.1) is 27.4 Å². The number of thiophene rings is 1. The van der Waals surface area contributed by atoms with Gasteiger partial charge in [-0.25, -0.2) is 9.37 Å². The summed E-state index contributed by atoms with van der Waals surface area (Å²) in [4.78, 5) is 20.1. The number of hydrogen-bond donors (Lipinski definition) is 1. The smallest absolute Gasteiger partial charge is 0.258 e. The van der Waals surface area contributed by atoms with Crippen LogP contribution in [0.15, 0.2) is 53.6 Å². The molecule has 0 spiro atoms. The quantitative estimate of drug-likeness (QED) is 0.439. The molecule has 4 aromatic rings. The Morgan fingerprint density at radius 1 is 1.19 bits per heavy atom. The van der Waals surface area contributed by atoms with Crippen LogP contribution in [0, 0.1) is 5.82 Å². The third-order valence-electron chi connectivity index (χ3n) is 4.45. The first-order valence-electron chi connectivity index (χ1n) is 7.85. The molecule has 0 aliphatic carbocycles. The van der Waals surface area contributed by atoms with Crippen LogP contribution >= 0.6 is 22.9 Å². The molecule has 0 bridgehead atoms. The Labute approximate surface area is 155 Å². The van der Waals surface area contributed by atoms with Gasteiger partial charge in [0, 0.05) is 10.4 Å². The minimum atomic E-state index is -0.403. The van der Waals surface area contributed by atoms with Crippen molar-refractivity contribution in [3.63, 3.8) is 0 Å². The molecular weight excluding hydrogens is 375 g/mol. The number of halogens is 2. The van der Waals surface area contributed by atoms with Gasteiger partial charge < -0.3 is 9.72 Å². The molecule has 4 nitrogen and oxygen atoms in total. The van der Waals surface area contributed by atoms with Crippen molar-refractivity contribution >= 4 is 33.0 Å². The van der Waals surface area contributed by atoms with Crippen molar-refractivity contribution in [2.45, 2.75) is 5.92 Å². The molecule has 0 fully saturated rings. The SMILES string of the molecule is O=c1[nH]cnc2c1C(c1ccc(Cl)cc1)c1sc3c(F)cccc3c1O2. The monoisotopic (exact) mass is 384 g/mol. The van der Waals surface area contributed by atoms with Gasteiger partial charge in [-0.2, -0.15) is 0 Å². The third-order valence-corrected chi connectivity index (χ3v) is 5.96. The van der Waals surface area contributed by atoms with Crippen molar-refractivity contribution in [3.05, 3.63) is 86.0 Å². The molecule has 0 saturated heterocycles. The van der Waals surface area contributed by atoms with E-state index in [4.69, 9.17) is 16.3 Å². The maximum atomic E-state index is 14.3. The van der Waals surface area contributed by atoms with E-state index in [9.17, 15) is 9.18 Å². The average molecular weight is 385 g/mol. The summed E-state index contributed by atoms with van der Waals surface area (Å²) < 4.78 is 20.7. The largest absolute Gasteiger partial charge is 0.437 e. The Morgan fingerprint density at radius 3 is 2.81 bits per heavy atom. The number of ether oxygens (including phenoxy) is 1. The lowest BCUT2D eigenvalue weighted by Crippen LogP contribution is -2.22. The van der Waals surface area contributed by atoms with E-state index in [1.165, 1.54) is 23.7 Å². The van der Waals surface area contributed by atoms with Gasteiger partial charge in [0.2, 0.25) is 5.88 Å². The van der Waals surface area contributed by atoms with E-state index < -0.39 is 5.92 Å². The lowest BCUT2D eigenvalue weighted by Gasteiger charge is -2.24. The van der Waals surface area contributed by atoms with Crippen LogP contribution < -0.4 is 10.3 Å². The maximum absolute atomic E-state index is 14.3. The molecule has 128 valence electrons. The van der Waals surface area contributed by atoms with Gasteiger partial charge in [-0.1, -0.05) is 29.8 Å². The van der Waals surface area contributed by atoms with Crippen LogP contribution in [0.2, 0.25) is 5.02 Å². The second kappa shape index (κ2) is 5.65. The summed E-state index contributed by atoms with van der Waals surface area (Å²) in [5.74, 6) is 0.0757. The van der Waals surface area contributed by atoms with Crippen LogP contribution in [0.1, 0.15) is 21.9 Å². The first-order chi connectivity index (χ1) is 12.6. The summed E-state index contributed by atoms with van der Waals surface area (Å²) in [6.45, 7) is 0. The Kier molecular flexibility index (Phi) is 3.38. The fraction of sp³-hybridized carbons (Fsp3) is 0.0526. The third kappa shape index (κ3) is 2.19. The maximum Gasteiger partial charge on any atom is 0.258 e. The van der Waals surface area contributed by atoms with Gasteiger partial charge in [-0.3, -0.25) is 4.79 Å². The minimum Gasteiger partial charge on any atom is -0.437 e. The number of hydrogen-bond acceptors (Lipinski definition) is 4. The summed E-state index contributed by atoms with van der Waals surface area (Å²) in [5, 5.41) is 1.28. The zero-order valence-electron chi connectivity index (χ0n) is 13.1. The Bertz CT molecular complexity index is 1220. The van der Waals surface area contributed by atoms with Crippen molar-refractivity contribution < 1.29 is 9.13 Å². The fourth-order valence-electron chi connectivity index (χ4n) is 3.31. The molecule has 26 heavy (non-hydrogen) atoms. The fourth-order valence-corrected chi connectivity index (χ4v) is 4.70. The number of aromatic nitrogens is 2. The molecule has 1 aliphatic heterocycles. The summed E-state index contributed by atoms with van der Waals surface area (Å²) in [5.41, 5.74) is 0.999. The van der Waals surface area contributed by atoms with Gasteiger partial charge in [0.25, 0.3) is 5.56 Å². The molecule has 1 N–H and O–H groups in total. The highest BCUT2D eigenvalue weighted by Gasteiger charge is 2.35. The van der Waals surface area contributed by atoms with Gasteiger partial charge in [0.15, 0.2) is 5.75 Å². The van der Waals surface area contributed by atoms with Crippen molar-refractivity contribution in [3.8, 4) is 11.6 Å². The van der Waals surface area contributed by atoms with Crippen molar-refractivity contribution in [2.24, 2.45) is 0 Å². The first kappa shape index (κ1) is 15.5. The predicted octanol–water partition coefficient (Wildman–Crippen LogP) is 5.06. The molecule has 5 rings (SSSR count). The van der Waals surface area contributed by atoms with Gasteiger partial charge >= 0.3 is 0 Å². The summed E-state index contributed by atoms with van der Waals surface area (Å²) >= 11 is 7.31. The molecule has 2 aromatic heterocycles. The van der Waals surface area contributed by atoms with Crippen molar-refractivity contribution in [1.82, 2.24) is 9.97 Å². The van der Waals surface area contributed by atoms with Crippen molar-refractivity contribution in [1.29, 1.82) is 0 Å². The second-order valence-corrected chi connectivity index (χ2v) is 7.44. The molecule has 7 heteroatoms. The average Bonchev–Trinajstić information content (AvgIpc) is 3.01. The molecule has 0 amide bonds. The topological polar surface area (TPSA) is 55.0 Å². The van der Waals surface area contributed by atoms with Crippen LogP contribution in [0.25, 0.3) is 10.1 Å². The van der Waals surface area contributed by atoms with E-state index in [2.05, 4.69) is 9.97 Å². The lowest BCUT2D eigenvalue weighted by molar-refractivity contribution is 0.439. The normalized spacial score (nSPS) is 15.4. The number of rotatable bonds is 1.